The van der Waals surface area contributed by atoms with Crippen LogP contribution in [0.1, 0.15) is 38.5 Å². The number of furan rings is 1. The lowest BCUT2D eigenvalue weighted by Gasteiger charge is -2.23. The van der Waals surface area contributed by atoms with Crippen LogP contribution in [0, 0.1) is 5.92 Å². The maximum atomic E-state index is 12.4. The van der Waals surface area contributed by atoms with Crippen LogP contribution in [0.25, 0.3) is 11.0 Å². The van der Waals surface area contributed by atoms with Gasteiger partial charge in [0, 0.05) is 11.3 Å². The summed E-state index contributed by atoms with van der Waals surface area (Å²) >= 11 is 0. The van der Waals surface area contributed by atoms with Gasteiger partial charge in [0.2, 0.25) is 5.91 Å². The van der Waals surface area contributed by atoms with Gasteiger partial charge in [0.15, 0.2) is 11.3 Å². The molecular weight excluding hydrogens is 292 g/mol. The average Bonchev–Trinajstić information content (AvgIpc) is 3.01. The predicted molar refractivity (Wildman–Crippen MR) is 89.5 cm³/mol. The zero-order chi connectivity index (χ0) is 16.2. The highest BCUT2D eigenvalue weighted by Crippen LogP contribution is 2.31. The molecule has 1 aromatic heterocycles. The number of ether oxygens (including phenoxy) is 1. The van der Waals surface area contributed by atoms with E-state index in [0.717, 1.165) is 48.4 Å². The van der Waals surface area contributed by atoms with E-state index in [2.05, 4.69) is 10.6 Å². The van der Waals surface area contributed by atoms with Gasteiger partial charge in [-0.2, -0.15) is 0 Å². The molecule has 5 nitrogen and oxygen atoms in total. The summed E-state index contributed by atoms with van der Waals surface area (Å²) in [6.45, 7) is 6.32. The molecule has 2 aromatic rings. The molecule has 124 valence electrons. The number of nitrogens with one attached hydrogen (secondary N) is 2. The van der Waals surface area contributed by atoms with E-state index >= 15 is 0 Å². The second kappa shape index (κ2) is 7.04. The molecule has 0 spiro atoms. The predicted octanol–water partition coefficient (Wildman–Crippen LogP) is 3.01. The van der Waals surface area contributed by atoms with Gasteiger partial charge in [-0.25, -0.2) is 0 Å². The van der Waals surface area contributed by atoms with E-state index in [9.17, 15) is 4.79 Å². The molecule has 0 radical (unpaired) electrons. The number of piperidine rings is 1. The van der Waals surface area contributed by atoms with Crippen LogP contribution in [0.3, 0.4) is 0 Å². The standard InChI is InChI=1S/C18H24N2O3/c1-3-22-15-6-4-5-14-11-16(23-17(14)15)12(2)20-18(21)13-7-9-19-10-8-13/h4-6,11-13,19H,3,7-10H2,1-2H3,(H,20,21). The molecule has 1 atom stereocenters. The molecule has 23 heavy (non-hydrogen) atoms. The average molecular weight is 316 g/mol. The minimum atomic E-state index is -0.153. The lowest BCUT2D eigenvalue weighted by atomic mass is 9.97. The van der Waals surface area contributed by atoms with Crippen LogP contribution in [0.4, 0.5) is 0 Å². The molecule has 1 aromatic carbocycles. The van der Waals surface area contributed by atoms with Crippen LogP contribution in [0.15, 0.2) is 28.7 Å². The fourth-order valence-electron chi connectivity index (χ4n) is 3.03. The number of amides is 1. The molecule has 1 unspecified atom stereocenters. The Balaban J connectivity index is 1.74. The zero-order valence-electron chi connectivity index (χ0n) is 13.7. The summed E-state index contributed by atoms with van der Waals surface area (Å²) in [4.78, 5) is 12.4. The third-order valence-electron chi connectivity index (χ3n) is 4.32. The largest absolute Gasteiger partial charge is 0.490 e. The summed E-state index contributed by atoms with van der Waals surface area (Å²) in [5.74, 6) is 1.72. The van der Waals surface area contributed by atoms with Crippen LogP contribution in [-0.4, -0.2) is 25.6 Å². The Labute approximate surface area is 136 Å². The minimum absolute atomic E-state index is 0.0991. The number of hydrogen-bond acceptors (Lipinski definition) is 4. The Morgan fingerprint density at radius 1 is 1.43 bits per heavy atom. The Morgan fingerprint density at radius 3 is 2.96 bits per heavy atom. The molecule has 1 aliphatic heterocycles. The molecule has 0 bridgehead atoms. The molecular formula is C18H24N2O3. The van der Waals surface area contributed by atoms with E-state index in [1.807, 2.05) is 38.1 Å². The van der Waals surface area contributed by atoms with E-state index in [0.29, 0.717) is 6.61 Å². The summed E-state index contributed by atoms with van der Waals surface area (Å²) < 4.78 is 11.6. The molecule has 1 aliphatic rings. The number of para-hydroxylation sites is 1. The molecule has 3 rings (SSSR count). The van der Waals surface area contributed by atoms with Crippen molar-refractivity contribution in [3.63, 3.8) is 0 Å². The van der Waals surface area contributed by atoms with E-state index in [1.165, 1.54) is 0 Å². The smallest absolute Gasteiger partial charge is 0.223 e. The number of carbonyl (C=O) groups is 1. The summed E-state index contributed by atoms with van der Waals surface area (Å²) in [5, 5.41) is 7.35. The van der Waals surface area contributed by atoms with Gasteiger partial charge in [-0.3, -0.25) is 4.79 Å². The first-order valence-corrected chi connectivity index (χ1v) is 8.35. The lowest BCUT2D eigenvalue weighted by Crippen LogP contribution is -2.39. The number of hydrogen-bond donors (Lipinski definition) is 2. The molecule has 5 heteroatoms. The van der Waals surface area contributed by atoms with Gasteiger partial charge in [0.1, 0.15) is 5.76 Å². The van der Waals surface area contributed by atoms with Crippen molar-refractivity contribution in [2.75, 3.05) is 19.7 Å². The third kappa shape index (κ3) is 3.50. The third-order valence-corrected chi connectivity index (χ3v) is 4.32. The summed E-state index contributed by atoms with van der Waals surface area (Å²) in [6.07, 6.45) is 1.79. The monoisotopic (exact) mass is 316 g/mol. The first kappa shape index (κ1) is 15.9. The normalized spacial score (nSPS) is 17.1. The number of rotatable bonds is 5. The Morgan fingerprint density at radius 2 is 2.22 bits per heavy atom. The number of fused-ring (bicyclic) bond motifs is 1. The number of benzene rings is 1. The van der Waals surface area contributed by atoms with Crippen LogP contribution < -0.4 is 15.4 Å². The maximum absolute atomic E-state index is 12.4. The van der Waals surface area contributed by atoms with Gasteiger partial charge >= 0.3 is 0 Å². The van der Waals surface area contributed by atoms with E-state index in [-0.39, 0.29) is 17.9 Å². The second-order valence-electron chi connectivity index (χ2n) is 6.01. The van der Waals surface area contributed by atoms with E-state index in [4.69, 9.17) is 9.15 Å². The minimum Gasteiger partial charge on any atom is -0.490 e. The van der Waals surface area contributed by atoms with Gasteiger partial charge in [-0.15, -0.1) is 0 Å². The van der Waals surface area contributed by atoms with Crippen LogP contribution >= 0.6 is 0 Å². The Hall–Kier alpha value is -2.01. The van der Waals surface area contributed by atoms with Crippen molar-refractivity contribution >= 4 is 16.9 Å². The molecule has 0 saturated carbocycles. The summed E-state index contributed by atoms with van der Waals surface area (Å²) in [5.41, 5.74) is 0.743. The van der Waals surface area contributed by atoms with Gasteiger partial charge in [-0.05, 0) is 51.9 Å². The fourth-order valence-corrected chi connectivity index (χ4v) is 3.03. The van der Waals surface area contributed by atoms with Crippen LogP contribution in [-0.2, 0) is 4.79 Å². The van der Waals surface area contributed by atoms with Crippen LogP contribution in [0.5, 0.6) is 5.75 Å². The first-order valence-electron chi connectivity index (χ1n) is 8.35. The van der Waals surface area contributed by atoms with Gasteiger partial charge in [0.25, 0.3) is 0 Å². The molecule has 1 amide bonds. The SMILES string of the molecule is CCOc1cccc2cc(C(C)NC(=O)C3CCNCC3)oc12. The zero-order valence-corrected chi connectivity index (χ0v) is 13.7. The molecule has 1 saturated heterocycles. The highest BCUT2D eigenvalue weighted by Gasteiger charge is 2.23. The van der Waals surface area contributed by atoms with Crippen molar-refractivity contribution in [1.29, 1.82) is 0 Å². The maximum Gasteiger partial charge on any atom is 0.223 e. The summed E-state index contributed by atoms with van der Waals surface area (Å²) in [6, 6.07) is 7.67. The van der Waals surface area contributed by atoms with Crippen molar-refractivity contribution < 1.29 is 13.9 Å². The Bertz CT molecular complexity index is 674. The highest BCUT2D eigenvalue weighted by molar-refractivity contribution is 5.84. The topological polar surface area (TPSA) is 63.5 Å². The molecule has 1 fully saturated rings. The highest BCUT2D eigenvalue weighted by atomic mass is 16.5. The molecule has 2 heterocycles. The van der Waals surface area contributed by atoms with Gasteiger partial charge in [-0.1, -0.05) is 12.1 Å². The van der Waals surface area contributed by atoms with Crippen molar-refractivity contribution in [2.24, 2.45) is 5.92 Å². The first-order chi connectivity index (χ1) is 11.2. The van der Waals surface area contributed by atoms with Crippen molar-refractivity contribution in [3.8, 4) is 5.75 Å². The van der Waals surface area contributed by atoms with Crippen LogP contribution in [0.2, 0.25) is 0 Å². The molecule has 0 aliphatic carbocycles. The fraction of sp³-hybridized carbons (Fsp3) is 0.500. The van der Waals surface area contributed by atoms with E-state index < -0.39 is 0 Å². The molecule has 2 N–H and O–H groups in total. The quantitative estimate of drug-likeness (QED) is 0.890. The van der Waals surface area contributed by atoms with Crippen molar-refractivity contribution in [1.82, 2.24) is 10.6 Å². The number of carbonyl (C=O) groups excluding carboxylic acids is 1. The summed E-state index contributed by atoms with van der Waals surface area (Å²) in [7, 11) is 0. The van der Waals surface area contributed by atoms with Crippen molar-refractivity contribution in [3.05, 3.63) is 30.0 Å². The Kier molecular flexibility index (Phi) is 4.86. The van der Waals surface area contributed by atoms with Gasteiger partial charge in [0.05, 0.1) is 12.6 Å². The lowest BCUT2D eigenvalue weighted by molar-refractivity contribution is -0.126. The van der Waals surface area contributed by atoms with Gasteiger partial charge < -0.3 is 19.8 Å². The second-order valence-corrected chi connectivity index (χ2v) is 6.01. The van der Waals surface area contributed by atoms with E-state index in [1.54, 1.807) is 0 Å². The van der Waals surface area contributed by atoms with Crippen molar-refractivity contribution in [2.45, 2.75) is 32.7 Å².